The number of benzene rings is 1. The van der Waals surface area contributed by atoms with Crippen LogP contribution in [0.1, 0.15) is 42.5 Å². The minimum absolute atomic E-state index is 0.0523. The number of ether oxygens (including phenoxy) is 2. The van der Waals surface area contributed by atoms with E-state index in [4.69, 9.17) is 32.5 Å². The van der Waals surface area contributed by atoms with Gasteiger partial charge in [0.25, 0.3) is 5.92 Å². The average molecular weight is 696 g/mol. The van der Waals surface area contributed by atoms with Crippen molar-refractivity contribution in [3.63, 3.8) is 0 Å². The molecule has 18 heteroatoms. The van der Waals surface area contributed by atoms with Gasteiger partial charge in [-0.1, -0.05) is 11.6 Å². The minimum atomic E-state index is -4.97. The predicted molar refractivity (Wildman–Crippen MR) is 164 cm³/mol. The summed E-state index contributed by atoms with van der Waals surface area (Å²) >= 11 is 6.72. The van der Waals surface area contributed by atoms with Crippen LogP contribution in [0.3, 0.4) is 0 Å². The van der Waals surface area contributed by atoms with Gasteiger partial charge in [0.05, 0.1) is 58.1 Å². The van der Waals surface area contributed by atoms with Crippen molar-refractivity contribution >= 4 is 40.0 Å². The van der Waals surface area contributed by atoms with Crippen molar-refractivity contribution in [1.82, 2.24) is 30.0 Å². The Morgan fingerprint density at radius 2 is 1.94 bits per heavy atom. The molecule has 3 aromatic heterocycles. The number of hydrogen-bond acceptors (Lipinski definition) is 11. The summed E-state index contributed by atoms with van der Waals surface area (Å²) in [6, 6.07) is 1.70. The Morgan fingerprint density at radius 3 is 2.60 bits per heavy atom. The first-order valence-corrected chi connectivity index (χ1v) is 15.3. The molecule has 2 saturated heterocycles. The highest BCUT2D eigenvalue weighted by Crippen LogP contribution is 2.52. The van der Waals surface area contributed by atoms with Gasteiger partial charge >= 0.3 is 12.2 Å². The number of fused-ring (bicyclic) bond motifs is 1. The van der Waals surface area contributed by atoms with Gasteiger partial charge in [0, 0.05) is 18.5 Å². The average Bonchev–Trinajstić information content (AvgIpc) is 3.10. The molecule has 0 bridgehead atoms. The van der Waals surface area contributed by atoms with Gasteiger partial charge in [-0.25, -0.2) is 18.2 Å². The summed E-state index contributed by atoms with van der Waals surface area (Å²) in [7, 11) is 0. The molecule has 4 N–H and O–H groups in total. The van der Waals surface area contributed by atoms with E-state index in [2.05, 4.69) is 25.1 Å². The van der Waals surface area contributed by atoms with Crippen LogP contribution in [0.25, 0.3) is 22.2 Å². The van der Waals surface area contributed by atoms with Gasteiger partial charge in [-0.15, -0.1) is 5.10 Å². The molecule has 1 unspecified atom stereocenters. The second-order valence-electron chi connectivity index (χ2n) is 12.3. The predicted octanol–water partition coefficient (Wildman–Crippen LogP) is 5.59. The van der Waals surface area contributed by atoms with E-state index < -0.39 is 69.8 Å². The molecule has 0 aliphatic carbocycles. The smallest absolute Gasteiger partial charge is 0.418 e. The Labute approximate surface area is 274 Å². The highest BCUT2D eigenvalue weighted by Gasteiger charge is 2.60. The fourth-order valence-corrected chi connectivity index (χ4v) is 7.27. The van der Waals surface area contributed by atoms with E-state index >= 15 is 4.39 Å². The van der Waals surface area contributed by atoms with Crippen LogP contribution < -0.4 is 25.8 Å². The van der Waals surface area contributed by atoms with Crippen molar-refractivity contribution in [2.45, 2.75) is 50.4 Å². The maximum Gasteiger partial charge on any atom is 0.418 e. The molecule has 48 heavy (non-hydrogen) atoms. The number of halogens is 7. The number of nitrogen functional groups attached to an aromatic ring is 2. The molecular weight excluding hydrogens is 668 g/mol. The lowest BCUT2D eigenvalue weighted by Gasteiger charge is -2.46. The SMILES string of the molecule is Cc1cc(N)nc(-c2c(Cl)c3c4c(nc(OCC56CCN5CC(F)(F)C6)nc4c2F)N([C@@H](C)c2ccnnc2N)CCO3)c1C(F)(F)F. The molecule has 11 nitrogen and oxygen atoms in total. The number of aryl methyl sites for hydroxylation is 1. The maximum atomic E-state index is 16.9. The molecule has 7 rings (SSSR count). The van der Waals surface area contributed by atoms with Gasteiger partial charge in [0.1, 0.15) is 30.4 Å². The van der Waals surface area contributed by atoms with Crippen molar-refractivity contribution in [2.24, 2.45) is 0 Å². The van der Waals surface area contributed by atoms with E-state index in [0.29, 0.717) is 18.5 Å². The molecular formula is C30H28ClF6N9O2. The van der Waals surface area contributed by atoms with Crippen LogP contribution in [0.5, 0.6) is 11.8 Å². The van der Waals surface area contributed by atoms with Crippen molar-refractivity contribution in [1.29, 1.82) is 0 Å². The van der Waals surface area contributed by atoms with E-state index in [-0.39, 0.29) is 59.9 Å². The minimum Gasteiger partial charge on any atom is -0.489 e. The van der Waals surface area contributed by atoms with Crippen LogP contribution in [0.4, 0.5) is 43.8 Å². The number of aromatic nitrogens is 5. The lowest BCUT2D eigenvalue weighted by atomic mass is 9.85. The Hall–Kier alpha value is -4.38. The van der Waals surface area contributed by atoms with Gasteiger partial charge < -0.3 is 25.8 Å². The van der Waals surface area contributed by atoms with Crippen LogP contribution in [0, 0.1) is 12.7 Å². The van der Waals surface area contributed by atoms with Crippen LogP contribution in [-0.2, 0) is 6.18 Å². The van der Waals surface area contributed by atoms with Crippen LogP contribution >= 0.6 is 11.6 Å². The van der Waals surface area contributed by atoms with Crippen LogP contribution in [0.15, 0.2) is 18.3 Å². The van der Waals surface area contributed by atoms with E-state index in [1.165, 1.54) is 13.1 Å². The molecule has 254 valence electrons. The summed E-state index contributed by atoms with van der Waals surface area (Å²) in [5.74, 6) is -4.49. The van der Waals surface area contributed by atoms with Gasteiger partial charge in [-0.2, -0.15) is 28.2 Å². The third kappa shape index (κ3) is 5.14. The van der Waals surface area contributed by atoms with Crippen LogP contribution in [0.2, 0.25) is 5.02 Å². The van der Waals surface area contributed by atoms with Crippen molar-refractivity contribution in [3.8, 4) is 23.0 Å². The van der Waals surface area contributed by atoms with Gasteiger partial charge in [-0.05, 0) is 38.0 Å². The third-order valence-corrected chi connectivity index (χ3v) is 9.61. The molecule has 0 radical (unpaired) electrons. The lowest BCUT2D eigenvalue weighted by molar-refractivity contribution is -0.137. The number of rotatable bonds is 6. The van der Waals surface area contributed by atoms with E-state index in [1.54, 1.807) is 22.8 Å². The molecule has 2 atom stereocenters. The Balaban J connectivity index is 1.45. The number of pyridine rings is 1. The normalized spacial score (nSPS) is 21.0. The zero-order valence-corrected chi connectivity index (χ0v) is 26.3. The van der Waals surface area contributed by atoms with Crippen molar-refractivity contribution < 1.29 is 35.8 Å². The summed E-state index contributed by atoms with van der Waals surface area (Å²) in [5.41, 5.74) is 7.91. The summed E-state index contributed by atoms with van der Waals surface area (Å²) in [5, 5.41) is 7.14. The Bertz CT molecular complexity index is 1970. The summed E-state index contributed by atoms with van der Waals surface area (Å²) in [6.07, 6.45) is -3.53. The van der Waals surface area contributed by atoms with Gasteiger partial charge in [-0.3, -0.25) is 4.90 Å². The third-order valence-electron chi connectivity index (χ3n) is 9.25. The maximum absolute atomic E-state index is 16.9. The van der Waals surface area contributed by atoms with E-state index in [0.717, 1.165) is 6.07 Å². The molecule has 1 aromatic carbocycles. The van der Waals surface area contributed by atoms with E-state index in [1.807, 2.05) is 0 Å². The van der Waals surface area contributed by atoms with Crippen molar-refractivity contribution in [3.05, 3.63) is 45.9 Å². The summed E-state index contributed by atoms with van der Waals surface area (Å²) in [4.78, 5) is 16.1. The molecule has 3 aliphatic rings. The number of nitrogens with zero attached hydrogens (tertiary/aromatic N) is 7. The number of nitrogens with two attached hydrogens (primary N) is 2. The lowest BCUT2D eigenvalue weighted by Crippen LogP contribution is -2.59. The first-order valence-electron chi connectivity index (χ1n) is 14.9. The quantitative estimate of drug-likeness (QED) is 0.244. The van der Waals surface area contributed by atoms with Crippen molar-refractivity contribution in [2.75, 3.05) is 49.2 Å². The molecule has 4 aromatic rings. The Morgan fingerprint density at radius 1 is 1.17 bits per heavy atom. The highest BCUT2D eigenvalue weighted by molar-refractivity contribution is 6.36. The molecule has 6 heterocycles. The number of alkyl halides is 5. The Kier molecular flexibility index (Phi) is 7.43. The fraction of sp³-hybridized carbons (Fsp3) is 0.433. The summed E-state index contributed by atoms with van der Waals surface area (Å²) in [6.45, 7) is 2.80. The molecule has 3 aliphatic heterocycles. The number of hydrogen-bond donors (Lipinski definition) is 2. The second-order valence-corrected chi connectivity index (χ2v) is 12.7. The first-order chi connectivity index (χ1) is 22.6. The standard InChI is InChI=1S/C30H28ClF6N9O2/c1-13-9-16(38)41-22(19(13)30(35,36)37)17-20(31)24-18-23(21(17)32)42-27(48-12-28-4-6-45(28)11-29(33,34)10-28)43-26(18)46(7-8-47-24)14(2)15-3-5-40-44-25(15)39/h3,5,9,14H,4,6-8,10-12H2,1-2H3,(H2,38,41)(H2,39,44)/t14-,28?/m0/s1. The highest BCUT2D eigenvalue weighted by atomic mass is 35.5. The van der Waals surface area contributed by atoms with Gasteiger partial charge in [0.2, 0.25) is 0 Å². The van der Waals surface area contributed by atoms with Gasteiger partial charge in [0.15, 0.2) is 17.4 Å². The topological polar surface area (TPSA) is 141 Å². The number of anilines is 3. The molecule has 2 fully saturated rings. The summed E-state index contributed by atoms with van der Waals surface area (Å²) < 4.78 is 101. The fourth-order valence-electron chi connectivity index (χ4n) is 6.95. The molecule has 0 spiro atoms. The monoisotopic (exact) mass is 695 g/mol. The van der Waals surface area contributed by atoms with E-state index in [9.17, 15) is 22.0 Å². The second kappa shape index (κ2) is 11.1. The zero-order chi connectivity index (χ0) is 34.3. The largest absolute Gasteiger partial charge is 0.489 e. The zero-order valence-electron chi connectivity index (χ0n) is 25.5. The molecule has 0 saturated carbocycles. The first kappa shape index (κ1) is 32.2. The van der Waals surface area contributed by atoms with Crippen LogP contribution in [-0.4, -0.2) is 74.4 Å². The molecule has 0 amide bonds.